The number of rotatable bonds is 12. The lowest BCUT2D eigenvalue weighted by molar-refractivity contribution is -0.141. The van der Waals surface area contributed by atoms with Crippen molar-refractivity contribution >= 4 is 62.5 Å². The third-order valence-corrected chi connectivity index (χ3v) is 14.4. The van der Waals surface area contributed by atoms with Crippen molar-refractivity contribution in [2.75, 3.05) is 30.8 Å². The van der Waals surface area contributed by atoms with Gasteiger partial charge in [-0.25, -0.2) is 9.97 Å². The van der Waals surface area contributed by atoms with E-state index in [0.29, 0.717) is 46.9 Å². The van der Waals surface area contributed by atoms with Crippen LogP contribution in [0.2, 0.25) is 0 Å². The zero-order valence-corrected chi connectivity index (χ0v) is 36.3. The summed E-state index contributed by atoms with van der Waals surface area (Å²) in [6.07, 6.45) is 5.03. The molecule has 0 radical (unpaired) electrons. The van der Waals surface area contributed by atoms with Gasteiger partial charge >= 0.3 is 6.18 Å². The predicted molar refractivity (Wildman–Crippen MR) is 231 cm³/mol. The van der Waals surface area contributed by atoms with Crippen molar-refractivity contribution in [3.8, 4) is 0 Å². The van der Waals surface area contributed by atoms with Crippen LogP contribution in [-0.4, -0.2) is 86.6 Å². The molecule has 2 aromatic heterocycles. The molecule has 5 amide bonds. The fourth-order valence-electron chi connectivity index (χ4n) is 9.78. The van der Waals surface area contributed by atoms with Crippen LogP contribution in [0.1, 0.15) is 138 Å². The normalized spacial score (nSPS) is 23.3. The van der Waals surface area contributed by atoms with Gasteiger partial charge in [-0.1, -0.05) is 12.1 Å². The number of nitrogens with one attached hydrogen (secondary N) is 3. The first-order valence-corrected chi connectivity index (χ1v) is 22.6. The average molecular weight is 888 g/mol. The Morgan fingerprint density at radius 1 is 0.905 bits per heavy atom. The second-order valence-electron chi connectivity index (χ2n) is 18.1. The number of pyridine rings is 1. The van der Waals surface area contributed by atoms with E-state index in [2.05, 4.69) is 32.9 Å². The summed E-state index contributed by atoms with van der Waals surface area (Å²) in [5.41, 5.74) is -0.391. The molecule has 2 aliphatic carbocycles. The number of aromatic nitrogens is 2. The van der Waals surface area contributed by atoms with E-state index in [1.165, 1.54) is 6.07 Å². The second kappa shape index (κ2) is 17.7. The molecule has 0 bridgehead atoms. The van der Waals surface area contributed by atoms with Crippen LogP contribution < -0.4 is 16.0 Å². The van der Waals surface area contributed by atoms with Crippen molar-refractivity contribution in [1.82, 2.24) is 25.1 Å². The highest BCUT2D eigenvalue weighted by Gasteiger charge is 2.45. The Balaban J connectivity index is 0.805. The number of thiazole rings is 1. The van der Waals surface area contributed by atoms with E-state index in [1.54, 1.807) is 55.5 Å². The molecule has 63 heavy (non-hydrogen) atoms. The molecule has 4 N–H and O–H groups in total. The third-order valence-electron chi connectivity index (χ3n) is 13.2. The Morgan fingerprint density at radius 3 is 2.32 bits per heavy atom. The van der Waals surface area contributed by atoms with E-state index < -0.39 is 53.0 Å². The van der Waals surface area contributed by atoms with Crippen molar-refractivity contribution in [2.24, 2.45) is 11.8 Å². The van der Waals surface area contributed by atoms with Gasteiger partial charge < -0.3 is 20.6 Å². The Bertz CT molecular complexity index is 2430. The molecule has 4 aliphatic rings. The van der Waals surface area contributed by atoms with Gasteiger partial charge in [0.1, 0.15) is 17.4 Å². The number of imide groups is 2. The number of hydrogen-bond acceptors (Lipinski definition) is 11. The fourth-order valence-corrected chi connectivity index (χ4v) is 10.9. The van der Waals surface area contributed by atoms with E-state index in [4.69, 9.17) is 4.98 Å². The molecule has 8 rings (SSSR count). The summed E-state index contributed by atoms with van der Waals surface area (Å²) in [7, 11) is 2.23. The van der Waals surface area contributed by atoms with Gasteiger partial charge in [0.2, 0.25) is 11.8 Å². The maximum Gasteiger partial charge on any atom is 0.433 e. The lowest BCUT2D eigenvalue weighted by atomic mass is 9.80. The van der Waals surface area contributed by atoms with Crippen LogP contribution in [0.3, 0.4) is 0 Å². The van der Waals surface area contributed by atoms with E-state index >= 15 is 0 Å². The number of nitrogens with zero attached hydrogens (tertiary/aromatic N) is 4. The molecule has 334 valence electrons. The molecule has 3 fully saturated rings. The molecule has 2 aliphatic heterocycles. The lowest BCUT2D eigenvalue weighted by Crippen LogP contribution is -2.54. The number of alkyl halides is 3. The number of anilines is 2. The first-order valence-electron chi connectivity index (χ1n) is 21.8. The average Bonchev–Trinajstić information content (AvgIpc) is 3.78. The molecule has 1 saturated heterocycles. The summed E-state index contributed by atoms with van der Waals surface area (Å²) >= 11 is 1.54. The van der Waals surface area contributed by atoms with Crippen molar-refractivity contribution < 1.29 is 42.3 Å². The number of halogens is 3. The molecule has 4 heterocycles. The van der Waals surface area contributed by atoms with Crippen LogP contribution >= 0.6 is 11.3 Å². The number of carbonyl (C=O) groups excluding carboxylic acids is 5. The zero-order valence-electron chi connectivity index (χ0n) is 35.5. The summed E-state index contributed by atoms with van der Waals surface area (Å²) in [6.45, 7) is 4.85. The Morgan fingerprint density at radius 2 is 1.62 bits per heavy atom. The maximum absolute atomic E-state index is 13.5. The molecular formula is C46H52F3N7O6S. The molecule has 0 spiro atoms. The topological polar surface area (TPSA) is 174 Å². The zero-order chi connectivity index (χ0) is 44.8. The first-order chi connectivity index (χ1) is 29.9. The fraction of sp³-hybridized carbons (Fsp3) is 0.500. The number of piperidine rings is 1. The number of fused-ring (bicyclic) bond motifs is 2. The highest BCUT2D eigenvalue weighted by molar-refractivity contribution is 7.18. The predicted octanol–water partition coefficient (Wildman–Crippen LogP) is 7.86. The highest BCUT2D eigenvalue weighted by Crippen LogP contribution is 2.42. The van der Waals surface area contributed by atoms with Crippen LogP contribution in [-0.2, 0) is 21.4 Å². The number of benzene rings is 2. The summed E-state index contributed by atoms with van der Waals surface area (Å²) < 4.78 is 40.6. The Kier molecular flexibility index (Phi) is 12.5. The van der Waals surface area contributed by atoms with Crippen molar-refractivity contribution in [2.45, 2.75) is 114 Å². The van der Waals surface area contributed by atoms with Gasteiger partial charge in [-0.05, 0) is 133 Å². The first kappa shape index (κ1) is 44.4. The number of amides is 5. The third kappa shape index (κ3) is 9.51. The largest absolute Gasteiger partial charge is 0.433 e. The van der Waals surface area contributed by atoms with Gasteiger partial charge in [0.15, 0.2) is 0 Å². The molecule has 2 saturated carbocycles. The molecular weight excluding hydrogens is 836 g/mol. The minimum Gasteiger partial charge on any atom is -0.386 e. The summed E-state index contributed by atoms with van der Waals surface area (Å²) in [4.78, 5) is 75.9. The van der Waals surface area contributed by atoms with Crippen LogP contribution in [0.5, 0.6) is 0 Å². The van der Waals surface area contributed by atoms with E-state index in [0.717, 1.165) is 91.1 Å². The monoisotopic (exact) mass is 887 g/mol. The van der Waals surface area contributed by atoms with E-state index in [-0.39, 0.29) is 35.6 Å². The van der Waals surface area contributed by atoms with E-state index in [1.807, 2.05) is 0 Å². The van der Waals surface area contributed by atoms with Crippen LogP contribution in [0.25, 0.3) is 10.2 Å². The van der Waals surface area contributed by atoms with Gasteiger partial charge in [-0.15, -0.1) is 11.3 Å². The van der Waals surface area contributed by atoms with Gasteiger partial charge in [-0.3, -0.25) is 34.2 Å². The number of aliphatic hydroxyl groups is 1. The van der Waals surface area contributed by atoms with Gasteiger partial charge in [0.05, 0.1) is 32.0 Å². The summed E-state index contributed by atoms with van der Waals surface area (Å²) in [5.74, 6) is -1.47. The van der Waals surface area contributed by atoms with Gasteiger partial charge in [0, 0.05) is 48.4 Å². The van der Waals surface area contributed by atoms with Crippen molar-refractivity contribution in [1.29, 1.82) is 0 Å². The van der Waals surface area contributed by atoms with Crippen LogP contribution in [0.4, 0.5) is 24.5 Å². The van der Waals surface area contributed by atoms with Crippen molar-refractivity contribution in [3.05, 3.63) is 81.6 Å². The number of hydrogen-bond donors (Lipinski definition) is 4. The minimum atomic E-state index is -4.69. The lowest BCUT2D eigenvalue weighted by Gasteiger charge is -2.38. The van der Waals surface area contributed by atoms with Crippen LogP contribution in [0, 0.1) is 11.8 Å². The quantitative estimate of drug-likeness (QED) is 0.103. The van der Waals surface area contributed by atoms with Gasteiger partial charge in [-0.2, -0.15) is 13.2 Å². The highest BCUT2D eigenvalue weighted by atomic mass is 32.1. The molecule has 17 heteroatoms. The second-order valence-corrected chi connectivity index (χ2v) is 19.1. The minimum absolute atomic E-state index is 0.0734. The van der Waals surface area contributed by atoms with Crippen molar-refractivity contribution in [3.63, 3.8) is 0 Å². The molecule has 2 aromatic carbocycles. The smallest absolute Gasteiger partial charge is 0.386 e. The number of carbonyl (C=O) groups is 5. The molecule has 4 aromatic rings. The maximum atomic E-state index is 13.5. The molecule has 13 nitrogen and oxygen atoms in total. The Labute approximate surface area is 367 Å². The summed E-state index contributed by atoms with van der Waals surface area (Å²) in [6, 6.07) is 11.3. The molecule has 1 atom stereocenters. The standard InChI is InChI=1S/C46H52F3N7O6S/c1-45(2,62)30-22-34-36(23-33(30)52-40(58)32-8-5-9-37(51-32)46(47,48)49)63-42(53-34)27-14-10-26(11-15-27)24-55(3)28-16-12-25(13-17-28)20-21-50-31-7-4-6-29-39(31)44(61)56(43(29)60)35-18-19-38(57)54-41(35)59/h4-9,22-23,25-28,35,50,62H,10-21,24H2,1-3H3,(H,52,58)(H,54,57,59)/t25-,26-,27-,28+,35?. The SMILES string of the molecule is CN(C[C@H]1CC[C@H](c2nc3cc(C(C)(C)O)c(NC(=O)c4cccc(C(F)(F)F)n4)cc3s2)CC1)[C@H]1CC[C@@H](CCNc2cccc3c2C(=O)N(C2CCC(=O)NC2=O)C3=O)CC1. The summed E-state index contributed by atoms with van der Waals surface area (Å²) in [5, 5.41) is 20.3. The van der Waals surface area contributed by atoms with E-state index in [9.17, 15) is 42.3 Å². The molecule has 1 unspecified atom stereocenters. The Hall–Kier alpha value is -5.26. The van der Waals surface area contributed by atoms with Crippen LogP contribution in [0.15, 0.2) is 48.5 Å². The van der Waals surface area contributed by atoms with Gasteiger partial charge in [0.25, 0.3) is 17.7 Å².